The fraction of sp³-hybridized carbons (Fsp3) is 0.222. The van der Waals surface area contributed by atoms with Gasteiger partial charge in [-0.2, -0.15) is 0 Å². The first-order valence-corrected chi connectivity index (χ1v) is 8.16. The first-order valence-electron chi connectivity index (χ1n) is 8.16. The molecular formula is C18H17F3N4O2. The standard InChI is InChI=1S/C18H17F3N4O2/c1-22-11-6-13(20)15(14(21)7-11)12-8-23-17(26)16(12)25-18(27)24-10-4-2-9(19)3-5-10/h2-7,12,16,22H,8H2,1H3,(H,23,26)(H2,24,25,27). The summed E-state index contributed by atoms with van der Waals surface area (Å²) in [6.07, 6.45) is 0. The second-order valence-corrected chi connectivity index (χ2v) is 6.04. The highest BCUT2D eigenvalue weighted by atomic mass is 19.1. The number of nitrogens with one attached hydrogen (secondary N) is 4. The lowest BCUT2D eigenvalue weighted by Crippen LogP contribution is -2.45. The van der Waals surface area contributed by atoms with Crippen molar-refractivity contribution in [3.05, 3.63) is 59.4 Å². The zero-order valence-electron chi connectivity index (χ0n) is 14.3. The molecule has 0 radical (unpaired) electrons. The lowest BCUT2D eigenvalue weighted by Gasteiger charge is -2.20. The van der Waals surface area contributed by atoms with E-state index in [1.807, 2.05) is 0 Å². The van der Waals surface area contributed by atoms with Crippen molar-refractivity contribution in [1.29, 1.82) is 0 Å². The Morgan fingerprint density at radius 1 is 1.07 bits per heavy atom. The van der Waals surface area contributed by atoms with Crippen molar-refractivity contribution in [2.24, 2.45) is 0 Å². The molecule has 0 aromatic heterocycles. The van der Waals surface area contributed by atoms with Crippen LogP contribution in [0.4, 0.5) is 29.3 Å². The quantitative estimate of drug-likeness (QED) is 0.660. The van der Waals surface area contributed by atoms with Crippen LogP contribution in [0, 0.1) is 17.5 Å². The number of halogens is 3. The fourth-order valence-electron chi connectivity index (χ4n) is 2.98. The zero-order valence-corrected chi connectivity index (χ0v) is 14.3. The van der Waals surface area contributed by atoms with Gasteiger partial charge in [0.25, 0.3) is 0 Å². The van der Waals surface area contributed by atoms with Gasteiger partial charge in [-0.15, -0.1) is 0 Å². The summed E-state index contributed by atoms with van der Waals surface area (Å²) >= 11 is 0. The van der Waals surface area contributed by atoms with Gasteiger partial charge in [-0.1, -0.05) is 0 Å². The smallest absolute Gasteiger partial charge is 0.319 e. The van der Waals surface area contributed by atoms with E-state index in [-0.39, 0.29) is 17.8 Å². The Bertz CT molecular complexity index is 850. The van der Waals surface area contributed by atoms with E-state index in [4.69, 9.17) is 0 Å². The second-order valence-electron chi connectivity index (χ2n) is 6.04. The monoisotopic (exact) mass is 378 g/mol. The van der Waals surface area contributed by atoms with E-state index in [1.165, 1.54) is 19.2 Å². The number of hydrogen-bond donors (Lipinski definition) is 4. The Balaban J connectivity index is 1.78. The van der Waals surface area contributed by atoms with Crippen molar-refractivity contribution in [3.8, 4) is 0 Å². The minimum Gasteiger partial charge on any atom is -0.388 e. The molecule has 0 bridgehead atoms. The van der Waals surface area contributed by atoms with Crippen LogP contribution >= 0.6 is 0 Å². The Morgan fingerprint density at radius 3 is 2.30 bits per heavy atom. The third-order valence-electron chi connectivity index (χ3n) is 4.31. The van der Waals surface area contributed by atoms with Crippen LogP contribution in [-0.2, 0) is 4.79 Å². The Morgan fingerprint density at radius 2 is 1.70 bits per heavy atom. The number of benzene rings is 2. The lowest BCUT2D eigenvalue weighted by atomic mass is 9.92. The fourth-order valence-corrected chi connectivity index (χ4v) is 2.98. The van der Waals surface area contributed by atoms with E-state index in [0.29, 0.717) is 5.69 Å². The van der Waals surface area contributed by atoms with Crippen molar-refractivity contribution in [1.82, 2.24) is 10.6 Å². The van der Waals surface area contributed by atoms with E-state index >= 15 is 0 Å². The van der Waals surface area contributed by atoms with Gasteiger partial charge in [0.15, 0.2) is 0 Å². The van der Waals surface area contributed by atoms with E-state index in [0.717, 1.165) is 24.3 Å². The van der Waals surface area contributed by atoms with Gasteiger partial charge in [0.05, 0.1) is 0 Å². The Labute approximate surface area is 153 Å². The van der Waals surface area contributed by atoms with Crippen molar-refractivity contribution >= 4 is 23.3 Å². The third-order valence-corrected chi connectivity index (χ3v) is 4.31. The minimum atomic E-state index is -1.16. The maximum absolute atomic E-state index is 14.4. The molecule has 1 aliphatic heterocycles. The number of carbonyl (C=O) groups excluding carboxylic acids is 2. The summed E-state index contributed by atoms with van der Waals surface area (Å²) in [4.78, 5) is 24.2. The van der Waals surface area contributed by atoms with Crippen LogP contribution in [-0.4, -0.2) is 31.6 Å². The molecule has 0 aliphatic carbocycles. The molecule has 27 heavy (non-hydrogen) atoms. The molecular weight excluding hydrogens is 361 g/mol. The Hall–Kier alpha value is -3.23. The average molecular weight is 378 g/mol. The summed E-state index contributed by atoms with van der Waals surface area (Å²) in [7, 11) is 1.53. The van der Waals surface area contributed by atoms with Crippen LogP contribution in [0.15, 0.2) is 36.4 Å². The normalized spacial score (nSPS) is 18.7. The highest BCUT2D eigenvalue weighted by Crippen LogP contribution is 2.30. The van der Waals surface area contributed by atoms with Crippen LogP contribution in [0.2, 0.25) is 0 Å². The minimum absolute atomic E-state index is 0.0208. The highest BCUT2D eigenvalue weighted by Gasteiger charge is 2.39. The van der Waals surface area contributed by atoms with Gasteiger partial charge < -0.3 is 21.3 Å². The first-order chi connectivity index (χ1) is 12.9. The third kappa shape index (κ3) is 3.97. The van der Waals surface area contributed by atoms with Crippen LogP contribution in [0.25, 0.3) is 0 Å². The summed E-state index contributed by atoms with van der Waals surface area (Å²) in [6.45, 7) is -0.0208. The molecule has 3 amide bonds. The number of anilines is 2. The molecule has 2 aromatic rings. The summed E-state index contributed by atoms with van der Waals surface area (Å²) in [5, 5.41) is 10.00. The predicted octanol–water partition coefficient (Wildman–Crippen LogP) is 2.55. The van der Waals surface area contributed by atoms with Crippen molar-refractivity contribution in [2.45, 2.75) is 12.0 Å². The summed E-state index contributed by atoms with van der Waals surface area (Å²) in [6, 6.07) is 5.35. The molecule has 9 heteroatoms. The van der Waals surface area contributed by atoms with Crippen molar-refractivity contribution < 1.29 is 22.8 Å². The molecule has 142 valence electrons. The molecule has 4 N–H and O–H groups in total. The topological polar surface area (TPSA) is 82.3 Å². The summed E-state index contributed by atoms with van der Waals surface area (Å²) < 4.78 is 41.7. The average Bonchev–Trinajstić information content (AvgIpc) is 2.97. The van der Waals surface area contributed by atoms with E-state index in [2.05, 4.69) is 21.3 Å². The SMILES string of the molecule is CNc1cc(F)c(C2CNC(=O)C2NC(=O)Nc2ccc(F)cc2)c(F)c1. The number of carbonyl (C=O) groups is 2. The van der Waals surface area contributed by atoms with Gasteiger partial charge in [-0.25, -0.2) is 18.0 Å². The van der Waals surface area contributed by atoms with Crippen LogP contribution < -0.4 is 21.3 Å². The molecule has 6 nitrogen and oxygen atoms in total. The zero-order chi connectivity index (χ0) is 19.6. The van der Waals surface area contributed by atoms with Gasteiger partial charge in [0.2, 0.25) is 5.91 Å². The van der Waals surface area contributed by atoms with E-state index in [1.54, 1.807) is 0 Å². The molecule has 1 fully saturated rings. The van der Waals surface area contributed by atoms with E-state index in [9.17, 15) is 22.8 Å². The number of rotatable bonds is 4. The van der Waals surface area contributed by atoms with Crippen LogP contribution in [0.3, 0.4) is 0 Å². The molecule has 1 aliphatic rings. The molecule has 1 saturated heterocycles. The molecule has 0 saturated carbocycles. The summed E-state index contributed by atoms with van der Waals surface area (Å²) in [5.41, 5.74) is 0.281. The van der Waals surface area contributed by atoms with Gasteiger partial charge >= 0.3 is 6.03 Å². The van der Waals surface area contributed by atoms with Gasteiger partial charge in [-0.3, -0.25) is 4.79 Å². The summed E-state index contributed by atoms with van der Waals surface area (Å²) in [5.74, 6) is -3.56. The molecule has 2 atom stereocenters. The molecule has 1 heterocycles. The van der Waals surface area contributed by atoms with Crippen LogP contribution in [0.1, 0.15) is 11.5 Å². The molecule has 3 rings (SSSR count). The second kappa shape index (κ2) is 7.56. The van der Waals surface area contributed by atoms with Crippen molar-refractivity contribution in [3.63, 3.8) is 0 Å². The van der Waals surface area contributed by atoms with E-state index < -0.39 is 41.3 Å². The van der Waals surface area contributed by atoms with Gasteiger partial charge in [-0.05, 0) is 36.4 Å². The van der Waals surface area contributed by atoms with Gasteiger partial charge in [0.1, 0.15) is 23.5 Å². The maximum atomic E-state index is 14.4. The number of amides is 3. The number of hydrogen-bond acceptors (Lipinski definition) is 3. The number of urea groups is 1. The Kier molecular flexibility index (Phi) is 5.20. The highest BCUT2D eigenvalue weighted by molar-refractivity contribution is 5.95. The molecule has 2 aromatic carbocycles. The lowest BCUT2D eigenvalue weighted by molar-refractivity contribution is -0.120. The largest absolute Gasteiger partial charge is 0.388 e. The molecule has 0 spiro atoms. The van der Waals surface area contributed by atoms with Gasteiger partial charge in [0, 0.05) is 36.4 Å². The molecule has 2 unspecified atom stereocenters. The van der Waals surface area contributed by atoms with Crippen molar-refractivity contribution in [2.75, 3.05) is 24.2 Å². The first kappa shape index (κ1) is 18.6. The predicted molar refractivity (Wildman–Crippen MR) is 94.0 cm³/mol. The van der Waals surface area contributed by atoms with Crippen LogP contribution in [0.5, 0.6) is 0 Å². The maximum Gasteiger partial charge on any atom is 0.319 e.